The molecule has 0 saturated carbocycles. The van der Waals surface area contributed by atoms with Crippen molar-refractivity contribution < 1.29 is 13.2 Å². The number of aliphatic imine (C=N–C) groups is 1. The molecule has 0 aliphatic carbocycles. The highest BCUT2D eigenvalue weighted by Gasteiger charge is 2.30. The van der Waals surface area contributed by atoms with Crippen molar-refractivity contribution in [1.82, 2.24) is 10.6 Å². The summed E-state index contributed by atoms with van der Waals surface area (Å²) in [5.74, 6) is 1.49. The predicted octanol–water partition coefficient (Wildman–Crippen LogP) is 2.12. The van der Waals surface area contributed by atoms with E-state index in [0.29, 0.717) is 24.8 Å². The maximum atomic E-state index is 11.6. The van der Waals surface area contributed by atoms with E-state index in [0.717, 1.165) is 19.6 Å². The second kappa shape index (κ2) is 9.89. The lowest BCUT2D eigenvalue weighted by atomic mass is 9.95. The smallest absolute Gasteiger partial charge is 0.191 e. The highest BCUT2D eigenvalue weighted by atomic mass is 127. The summed E-state index contributed by atoms with van der Waals surface area (Å²) < 4.78 is 29.2. The van der Waals surface area contributed by atoms with Gasteiger partial charge in [-0.1, -0.05) is 30.3 Å². The van der Waals surface area contributed by atoms with Crippen LogP contribution < -0.4 is 10.6 Å². The second-order valence-corrected chi connectivity index (χ2v) is 8.94. The maximum Gasteiger partial charge on any atom is 0.191 e. The molecule has 1 aromatic rings. The lowest BCUT2D eigenvalue weighted by molar-refractivity contribution is 0.0925. The first-order valence-corrected chi connectivity index (χ1v) is 10.8. The van der Waals surface area contributed by atoms with Crippen LogP contribution in [0.2, 0.25) is 0 Å². The average molecular weight is 493 g/mol. The lowest BCUT2D eigenvalue weighted by Crippen LogP contribution is -2.44. The van der Waals surface area contributed by atoms with Crippen LogP contribution in [-0.2, 0) is 14.6 Å². The van der Waals surface area contributed by atoms with Crippen molar-refractivity contribution in [1.29, 1.82) is 0 Å². The van der Waals surface area contributed by atoms with Crippen molar-refractivity contribution in [3.8, 4) is 0 Å². The van der Waals surface area contributed by atoms with Gasteiger partial charge in [-0.15, -0.1) is 24.0 Å². The summed E-state index contributed by atoms with van der Waals surface area (Å²) in [6, 6.07) is 10.2. The Morgan fingerprint density at radius 2 is 2.04 bits per heavy atom. The number of halogens is 1. The first-order valence-electron chi connectivity index (χ1n) is 8.99. The Labute approximate surface area is 173 Å². The van der Waals surface area contributed by atoms with Gasteiger partial charge < -0.3 is 15.4 Å². The third-order valence-electron chi connectivity index (χ3n) is 4.74. The van der Waals surface area contributed by atoms with E-state index in [-0.39, 0.29) is 47.6 Å². The predicted molar refractivity (Wildman–Crippen MR) is 115 cm³/mol. The van der Waals surface area contributed by atoms with E-state index in [1.807, 2.05) is 25.1 Å². The standard InChI is InChI=1S/C18H27N3O3S.HI/c1-2-19-18(21-16-9-11-25(22,23)13-16)20-12-15-8-10-24-17(15)14-6-4-3-5-7-14;/h3-7,15-17H,2,8-13H2,1H3,(H2,19,20,21);1H. The third-order valence-corrected chi connectivity index (χ3v) is 6.51. The molecule has 3 rings (SSSR count). The quantitative estimate of drug-likeness (QED) is 0.373. The Morgan fingerprint density at radius 3 is 2.69 bits per heavy atom. The average Bonchev–Trinajstić information content (AvgIpc) is 3.20. The molecule has 0 amide bonds. The zero-order valence-electron chi connectivity index (χ0n) is 15.1. The summed E-state index contributed by atoms with van der Waals surface area (Å²) in [5.41, 5.74) is 1.19. The number of sulfone groups is 1. The molecule has 8 heteroatoms. The van der Waals surface area contributed by atoms with Gasteiger partial charge in [-0.25, -0.2) is 8.42 Å². The van der Waals surface area contributed by atoms with Gasteiger partial charge in [0.05, 0.1) is 17.6 Å². The molecule has 3 atom stereocenters. The normalized spacial score (nSPS) is 27.7. The van der Waals surface area contributed by atoms with Crippen molar-refractivity contribution in [2.24, 2.45) is 10.9 Å². The number of guanidine groups is 1. The Hall–Kier alpha value is -0.870. The minimum Gasteiger partial charge on any atom is -0.373 e. The topological polar surface area (TPSA) is 79.8 Å². The zero-order chi connectivity index (χ0) is 17.7. The van der Waals surface area contributed by atoms with E-state index >= 15 is 0 Å². The van der Waals surface area contributed by atoms with Crippen LogP contribution in [0.5, 0.6) is 0 Å². The molecule has 3 unspecified atom stereocenters. The monoisotopic (exact) mass is 493 g/mol. The molecule has 146 valence electrons. The van der Waals surface area contributed by atoms with Crippen molar-refractivity contribution in [3.63, 3.8) is 0 Å². The van der Waals surface area contributed by atoms with E-state index in [9.17, 15) is 8.42 Å². The van der Waals surface area contributed by atoms with Crippen LogP contribution in [0.3, 0.4) is 0 Å². The van der Waals surface area contributed by atoms with Crippen LogP contribution in [0.4, 0.5) is 0 Å². The van der Waals surface area contributed by atoms with Gasteiger partial charge in [0, 0.05) is 31.7 Å². The summed E-state index contributed by atoms with van der Waals surface area (Å²) in [6.07, 6.45) is 1.71. The fourth-order valence-corrected chi connectivity index (χ4v) is 5.14. The minimum atomic E-state index is -2.90. The van der Waals surface area contributed by atoms with E-state index in [1.54, 1.807) is 0 Å². The van der Waals surface area contributed by atoms with Crippen LogP contribution in [0, 0.1) is 5.92 Å². The van der Waals surface area contributed by atoms with E-state index in [2.05, 4.69) is 22.8 Å². The summed E-state index contributed by atoms with van der Waals surface area (Å²) in [5, 5.41) is 6.49. The molecule has 1 aromatic carbocycles. The molecule has 0 spiro atoms. The molecule has 2 aliphatic heterocycles. The van der Waals surface area contributed by atoms with E-state index in [1.165, 1.54) is 5.56 Å². The Kier molecular flexibility index (Phi) is 8.15. The van der Waals surface area contributed by atoms with Crippen molar-refractivity contribution in [2.45, 2.75) is 31.9 Å². The van der Waals surface area contributed by atoms with E-state index in [4.69, 9.17) is 9.73 Å². The molecule has 26 heavy (non-hydrogen) atoms. The van der Waals surface area contributed by atoms with Crippen molar-refractivity contribution >= 4 is 39.8 Å². The number of nitrogens with zero attached hydrogens (tertiary/aromatic N) is 1. The molecule has 0 radical (unpaired) electrons. The number of benzene rings is 1. The minimum absolute atomic E-state index is 0. The van der Waals surface area contributed by atoms with Gasteiger partial charge in [0.1, 0.15) is 0 Å². The Balaban J connectivity index is 0.00000243. The van der Waals surface area contributed by atoms with Gasteiger partial charge >= 0.3 is 0 Å². The van der Waals surface area contributed by atoms with Crippen LogP contribution >= 0.6 is 24.0 Å². The van der Waals surface area contributed by atoms with Crippen molar-refractivity contribution in [2.75, 3.05) is 31.2 Å². The molecule has 0 bridgehead atoms. The van der Waals surface area contributed by atoms with Gasteiger partial charge in [0.25, 0.3) is 0 Å². The number of nitrogens with one attached hydrogen (secondary N) is 2. The molecule has 2 N–H and O–H groups in total. The lowest BCUT2D eigenvalue weighted by Gasteiger charge is -2.19. The molecule has 2 heterocycles. The maximum absolute atomic E-state index is 11.6. The van der Waals surface area contributed by atoms with Gasteiger partial charge in [-0.05, 0) is 25.3 Å². The van der Waals surface area contributed by atoms with Crippen LogP contribution in [-0.4, -0.2) is 51.6 Å². The van der Waals surface area contributed by atoms with Crippen LogP contribution in [0.1, 0.15) is 31.4 Å². The number of hydrogen-bond acceptors (Lipinski definition) is 4. The van der Waals surface area contributed by atoms with Gasteiger partial charge in [0.15, 0.2) is 15.8 Å². The fourth-order valence-electron chi connectivity index (χ4n) is 3.46. The molecule has 2 aliphatic rings. The largest absolute Gasteiger partial charge is 0.373 e. The van der Waals surface area contributed by atoms with Crippen LogP contribution in [0.15, 0.2) is 35.3 Å². The fraction of sp³-hybridized carbons (Fsp3) is 0.611. The molecular formula is C18H28IN3O3S. The van der Waals surface area contributed by atoms with Crippen LogP contribution in [0.25, 0.3) is 0 Å². The molecule has 2 fully saturated rings. The number of hydrogen-bond donors (Lipinski definition) is 2. The highest BCUT2D eigenvalue weighted by molar-refractivity contribution is 14.0. The Bertz CT molecular complexity index is 697. The van der Waals surface area contributed by atoms with E-state index < -0.39 is 9.84 Å². The van der Waals surface area contributed by atoms with Gasteiger partial charge in [-0.2, -0.15) is 0 Å². The number of ether oxygens (including phenoxy) is 1. The first-order chi connectivity index (χ1) is 12.1. The summed E-state index contributed by atoms with van der Waals surface area (Å²) in [4.78, 5) is 4.70. The Morgan fingerprint density at radius 1 is 1.27 bits per heavy atom. The number of rotatable bonds is 5. The molecule has 6 nitrogen and oxygen atoms in total. The van der Waals surface area contributed by atoms with Gasteiger partial charge in [-0.3, -0.25) is 4.99 Å². The van der Waals surface area contributed by atoms with Gasteiger partial charge in [0.2, 0.25) is 0 Å². The zero-order valence-corrected chi connectivity index (χ0v) is 18.2. The molecular weight excluding hydrogens is 465 g/mol. The summed E-state index contributed by atoms with van der Waals surface area (Å²) in [7, 11) is -2.90. The highest BCUT2D eigenvalue weighted by Crippen LogP contribution is 2.34. The summed E-state index contributed by atoms with van der Waals surface area (Å²) >= 11 is 0. The molecule has 2 saturated heterocycles. The second-order valence-electron chi connectivity index (χ2n) is 6.71. The summed E-state index contributed by atoms with van der Waals surface area (Å²) in [6.45, 7) is 4.17. The third kappa shape index (κ3) is 5.82. The first kappa shape index (κ1) is 21.4. The SMILES string of the molecule is CCNC(=NCC1CCOC1c1ccccc1)NC1CCS(=O)(=O)C1.I. The van der Waals surface area contributed by atoms with Crippen molar-refractivity contribution in [3.05, 3.63) is 35.9 Å². The molecule has 0 aromatic heterocycles.